The number of carbonyl (C=O) groups excluding carboxylic acids is 2. The lowest BCUT2D eigenvalue weighted by Gasteiger charge is -2.37. The number of hydrogen-bond donors (Lipinski definition) is 1. The van der Waals surface area contributed by atoms with Gasteiger partial charge in [0.25, 0.3) is 0 Å². The largest absolute Gasteiger partial charge is 0.494 e. The number of nitrogens with one attached hydrogen (secondary N) is 1. The van der Waals surface area contributed by atoms with Crippen LogP contribution in [0.1, 0.15) is 38.2 Å². The molecular formula is C19H27N3O3. The molecule has 1 N–H and O–H groups in total. The van der Waals surface area contributed by atoms with Gasteiger partial charge in [-0.25, -0.2) is 4.79 Å². The van der Waals surface area contributed by atoms with Gasteiger partial charge in [-0.2, -0.15) is 0 Å². The van der Waals surface area contributed by atoms with Gasteiger partial charge < -0.3 is 19.9 Å². The van der Waals surface area contributed by atoms with E-state index in [-0.39, 0.29) is 18.0 Å². The van der Waals surface area contributed by atoms with Crippen molar-refractivity contribution in [1.29, 1.82) is 0 Å². The predicted octanol–water partition coefficient (Wildman–Crippen LogP) is 2.38. The molecule has 1 atom stereocenters. The first-order valence-electron chi connectivity index (χ1n) is 9.22. The highest BCUT2D eigenvalue weighted by Gasteiger charge is 2.32. The van der Waals surface area contributed by atoms with Crippen molar-refractivity contribution in [3.05, 3.63) is 29.8 Å². The molecule has 136 valence electrons. The Morgan fingerprint density at radius 3 is 2.88 bits per heavy atom. The van der Waals surface area contributed by atoms with Crippen molar-refractivity contribution in [3.63, 3.8) is 0 Å². The van der Waals surface area contributed by atoms with E-state index < -0.39 is 0 Å². The van der Waals surface area contributed by atoms with Crippen LogP contribution >= 0.6 is 0 Å². The van der Waals surface area contributed by atoms with Crippen molar-refractivity contribution in [2.45, 2.75) is 45.2 Å². The molecule has 2 fully saturated rings. The van der Waals surface area contributed by atoms with Gasteiger partial charge in [0.1, 0.15) is 5.75 Å². The zero-order valence-electron chi connectivity index (χ0n) is 14.9. The van der Waals surface area contributed by atoms with Crippen molar-refractivity contribution in [3.8, 4) is 5.75 Å². The molecule has 1 unspecified atom stereocenters. The minimum Gasteiger partial charge on any atom is -0.494 e. The highest BCUT2D eigenvalue weighted by atomic mass is 16.5. The molecule has 25 heavy (non-hydrogen) atoms. The number of piperidine rings is 1. The van der Waals surface area contributed by atoms with Crippen LogP contribution in [0.2, 0.25) is 0 Å². The maximum atomic E-state index is 12.6. The zero-order chi connectivity index (χ0) is 17.6. The molecule has 1 aromatic rings. The molecule has 2 aliphatic rings. The number of benzene rings is 1. The lowest BCUT2D eigenvalue weighted by molar-refractivity contribution is -0.130. The maximum Gasteiger partial charge on any atom is 0.317 e. The molecule has 3 amide bonds. The quantitative estimate of drug-likeness (QED) is 0.891. The summed E-state index contributed by atoms with van der Waals surface area (Å²) in [6, 6.07) is 7.86. The lowest BCUT2D eigenvalue weighted by atomic mass is 10.0. The van der Waals surface area contributed by atoms with Crippen LogP contribution in [0.15, 0.2) is 24.3 Å². The Kier molecular flexibility index (Phi) is 5.79. The molecule has 2 aliphatic heterocycles. The number of ether oxygens (including phenoxy) is 1. The van der Waals surface area contributed by atoms with Gasteiger partial charge in [0.2, 0.25) is 5.91 Å². The second-order valence-electron chi connectivity index (χ2n) is 6.63. The zero-order valence-corrected chi connectivity index (χ0v) is 14.9. The van der Waals surface area contributed by atoms with Gasteiger partial charge in [-0.05, 0) is 32.3 Å². The van der Waals surface area contributed by atoms with Crippen molar-refractivity contribution in [2.24, 2.45) is 0 Å². The fourth-order valence-corrected chi connectivity index (χ4v) is 3.68. The van der Waals surface area contributed by atoms with E-state index in [1.54, 1.807) is 0 Å². The average Bonchev–Trinajstić information content (AvgIpc) is 3.07. The molecule has 0 aromatic heterocycles. The lowest BCUT2D eigenvalue weighted by Crippen LogP contribution is -2.52. The Morgan fingerprint density at radius 1 is 1.28 bits per heavy atom. The molecule has 6 nitrogen and oxygen atoms in total. The third-order valence-corrected chi connectivity index (χ3v) is 4.94. The van der Waals surface area contributed by atoms with E-state index in [0.717, 1.165) is 43.7 Å². The summed E-state index contributed by atoms with van der Waals surface area (Å²) in [5, 5.41) is 2.99. The summed E-state index contributed by atoms with van der Waals surface area (Å²) in [6.07, 6.45) is 3.52. The molecule has 0 spiro atoms. The van der Waals surface area contributed by atoms with Crippen molar-refractivity contribution in [1.82, 2.24) is 15.1 Å². The Morgan fingerprint density at radius 2 is 2.12 bits per heavy atom. The van der Waals surface area contributed by atoms with Crippen LogP contribution in [0.25, 0.3) is 0 Å². The standard InChI is InChI=1S/C19H27N3O3/c1-2-25-17-9-4-3-7-15(17)13-20-19(24)21-11-5-8-16(14-21)22-12-6-10-18(22)23/h3-4,7,9,16H,2,5-6,8,10-14H2,1H3,(H,20,24). The van der Waals surface area contributed by atoms with Crippen LogP contribution in [0.5, 0.6) is 5.75 Å². The number of amides is 3. The fourth-order valence-electron chi connectivity index (χ4n) is 3.68. The Bertz CT molecular complexity index is 620. The van der Waals surface area contributed by atoms with Crippen molar-refractivity contribution in [2.75, 3.05) is 26.2 Å². The normalized spacial score (nSPS) is 20.7. The van der Waals surface area contributed by atoms with Crippen LogP contribution in [0, 0.1) is 0 Å². The van der Waals surface area contributed by atoms with Crippen LogP contribution < -0.4 is 10.1 Å². The summed E-state index contributed by atoms with van der Waals surface area (Å²) in [4.78, 5) is 28.3. The number of nitrogens with zero attached hydrogens (tertiary/aromatic N) is 2. The monoisotopic (exact) mass is 345 g/mol. The summed E-state index contributed by atoms with van der Waals surface area (Å²) in [5.41, 5.74) is 0.973. The molecule has 2 heterocycles. The Balaban J connectivity index is 1.55. The van der Waals surface area contributed by atoms with Crippen LogP contribution in [0.4, 0.5) is 4.79 Å². The van der Waals surface area contributed by atoms with Crippen molar-refractivity contribution >= 4 is 11.9 Å². The van der Waals surface area contributed by atoms with E-state index in [4.69, 9.17) is 4.74 Å². The maximum absolute atomic E-state index is 12.6. The summed E-state index contributed by atoms with van der Waals surface area (Å²) in [5.74, 6) is 1.04. The van der Waals surface area contributed by atoms with Crippen LogP contribution in [-0.2, 0) is 11.3 Å². The topological polar surface area (TPSA) is 61.9 Å². The number of rotatable bonds is 5. The van der Waals surface area contributed by atoms with Gasteiger partial charge in [0.05, 0.1) is 6.61 Å². The smallest absolute Gasteiger partial charge is 0.317 e. The summed E-state index contributed by atoms with van der Waals surface area (Å²) in [7, 11) is 0. The molecule has 3 rings (SSSR count). The van der Waals surface area contributed by atoms with Gasteiger partial charge >= 0.3 is 6.03 Å². The molecule has 1 aromatic carbocycles. The highest BCUT2D eigenvalue weighted by Crippen LogP contribution is 2.22. The van der Waals surface area contributed by atoms with Crippen LogP contribution in [0.3, 0.4) is 0 Å². The Hall–Kier alpha value is -2.24. The minimum atomic E-state index is -0.0670. The number of urea groups is 1. The number of hydrogen-bond acceptors (Lipinski definition) is 3. The van der Waals surface area contributed by atoms with E-state index in [9.17, 15) is 9.59 Å². The van der Waals surface area contributed by atoms with E-state index in [1.807, 2.05) is 41.0 Å². The molecule has 0 radical (unpaired) electrons. The molecule has 0 saturated carbocycles. The number of carbonyl (C=O) groups is 2. The van der Waals surface area contributed by atoms with Crippen LogP contribution in [-0.4, -0.2) is 54.0 Å². The van der Waals surface area contributed by atoms with Gasteiger partial charge in [-0.15, -0.1) is 0 Å². The van der Waals surface area contributed by atoms with Gasteiger partial charge in [0.15, 0.2) is 0 Å². The highest BCUT2D eigenvalue weighted by molar-refractivity contribution is 5.79. The summed E-state index contributed by atoms with van der Waals surface area (Å²) in [6.45, 7) is 5.20. The van der Waals surface area contributed by atoms with Gasteiger partial charge in [0, 0.05) is 44.2 Å². The molecule has 0 bridgehead atoms. The average molecular weight is 345 g/mol. The van der Waals surface area contributed by atoms with Gasteiger partial charge in [-0.1, -0.05) is 18.2 Å². The Labute approximate surface area is 149 Å². The predicted molar refractivity (Wildman–Crippen MR) is 95.4 cm³/mol. The first kappa shape index (κ1) is 17.6. The van der Waals surface area contributed by atoms with E-state index >= 15 is 0 Å². The first-order chi connectivity index (χ1) is 12.2. The number of para-hydroxylation sites is 1. The summed E-state index contributed by atoms with van der Waals surface area (Å²) < 4.78 is 5.60. The second-order valence-corrected chi connectivity index (χ2v) is 6.63. The van der Waals surface area contributed by atoms with Gasteiger partial charge in [-0.3, -0.25) is 4.79 Å². The van der Waals surface area contributed by atoms with E-state index in [1.165, 1.54) is 0 Å². The van der Waals surface area contributed by atoms with Crippen molar-refractivity contribution < 1.29 is 14.3 Å². The second kappa shape index (κ2) is 8.23. The number of likely N-dealkylation sites (tertiary alicyclic amines) is 2. The fraction of sp³-hybridized carbons (Fsp3) is 0.579. The third-order valence-electron chi connectivity index (χ3n) is 4.94. The third kappa shape index (κ3) is 4.24. The van der Waals surface area contributed by atoms with E-state index in [0.29, 0.717) is 26.1 Å². The minimum absolute atomic E-state index is 0.0670. The summed E-state index contributed by atoms with van der Waals surface area (Å²) >= 11 is 0. The molecular weight excluding hydrogens is 318 g/mol. The first-order valence-corrected chi connectivity index (χ1v) is 9.22. The SMILES string of the molecule is CCOc1ccccc1CNC(=O)N1CCCC(N2CCCC2=O)C1. The molecule has 0 aliphatic carbocycles. The van der Waals surface area contributed by atoms with E-state index in [2.05, 4.69) is 5.32 Å². The molecule has 2 saturated heterocycles. The molecule has 6 heteroatoms.